The Morgan fingerprint density at radius 2 is 1.20 bits per heavy atom. The van der Waals surface area contributed by atoms with Crippen LogP contribution in [0, 0.1) is 17.8 Å². The standard InChI is InChI=1S/C39H52O/c1-3-5-7-9-10-12-14-32-17-22-35(23-18-32)36-24-19-33(20-25-36)15-16-34-21-26-38-31-39(28-27-37(38)30-34)40-29-13-11-8-6-4-2/h19-21,24-28,30-32,35H,3-14,17-18,22-23,29H2,1-2H3. The highest BCUT2D eigenvalue weighted by Crippen LogP contribution is 2.37. The predicted octanol–water partition coefficient (Wildman–Crippen LogP) is 11.6. The molecule has 0 aromatic heterocycles. The van der Waals surface area contributed by atoms with Gasteiger partial charge in [-0.2, -0.15) is 0 Å². The van der Waals surface area contributed by atoms with Crippen LogP contribution >= 0.6 is 0 Å². The molecule has 1 saturated carbocycles. The third-order valence-electron chi connectivity index (χ3n) is 8.87. The van der Waals surface area contributed by atoms with Crippen molar-refractivity contribution in [2.24, 2.45) is 5.92 Å². The van der Waals surface area contributed by atoms with Gasteiger partial charge in [-0.05, 0) is 96.7 Å². The van der Waals surface area contributed by atoms with Crippen LogP contribution in [0.4, 0.5) is 0 Å². The molecule has 0 atom stereocenters. The zero-order valence-corrected chi connectivity index (χ0v) is 25.4. The zero-order valence-electron chi connectivity index (χ0n) is 25.4. The Morgan fingerprint density at radius 3 is 1.95 bits per heavy atom. The Labute approximate surface area is 245 Å². The monoisotopic (exact) mass is 536 g/mol. The van der Waals surface area contributed by atoms with Gasteiger partial charge in [0.15, 0.2) is 0 Å². The van der Waals surface area contributed by atoms with Gasteiger partial charge in [-0.1, -0.05) is 121 Å². The van der Waals surface area contributed by atoms with Gasteiger partial charge in [-0.25, -0.2) is 0 Å². The van der Waals surface area contributed by atoms with E-state index in [0.717, 1.165) is 41.7 Å². The second kappa shape index (κ2) is 17.2. The van der Waals surface area contributed by atoms with Crippen molar-refractivity contribution in [3.63, 3.8) is 0 Å². The molecule has 0 N–H and O–H groups in total. The second-order valence-electron chi connectivity index (χ2n) is 12.1. The number of benzene rings is 3. The highest BCUT2D eigenvalue weighted by molar-refractivity contribution is 5.85. The fourth-order valence-electron chi connectivity index (χ4n) is 6.27. The molecule has 40 heavy (non-hydrogen) atoms. The van der Waals surface area contributed by atoms with E-state index >= 15 is 0 Å². The van der Waals surface area contributed by atoms with Gasteiger partial charge in [-0.3, -0.25) is 0 Å². The van der Waals surface area contributed by atoms with Crippen LogP contribution in [0.2, 0.25) is 0 Å². The van der Waals surface area contributed by atoms with E-state index in [2.05, 4.69) is 86.4 Å². The van der Waals surface area contributed by atoms with Gasteiger partial charge in [0, 0.05) is 11.1 Å². The molecule has 1 nitrogen and oxygen atoms in total. The molecule has 0 aliphatic heterocycles. The first-order valence-electron chi connectivity index (χ1n) is 16.5. The van der Waals surface area contributed by atoms with Crippen LogP contribution in [0.3, 0.4) is 0 Å². The van der Waals surface area contributed by atoms with E-state index in [9.17, 15) is 0 Å². The maximum absolute atomic E-state index is 5.99. The first kappa shape index (κ1) is 30.2. The molecule has 0 bridgehead atoms. The SMILES string of the molecule is CCCCCCCCC1CCC(c2ccc(C#Cc3ccc4cc(OCCCCCCC)ccc4c3)cc2)CC1. The van der Waals surface area contributed by atoms with E-state index in [1.807, 2.05) is 0 Å². The Morgan fingerprint density at radius 1 is 0.600 bits per heavy atom. The van der Waals surface area contributed by atoms with Crippen molar-refractivity contribution in [1.82, 2.24) is 0 Å². The maximum Gasteiger partial charge on any atom is 0.119 e. The minimum absolute atomic E-state index is 0.734. The van der Waals surface area contributed by atoms with E-state index in [-0.39, 0.29) is 0 Å². The summed E-state index contributed by atoms with van der Waals surface area (Å²) in [6.45, 7) is 5.36. The molecule has 0 amide bonds. The molecule has 3 aromatic carbocycles. The number of rotatable bonds is 15. The van der Waals surface area contributed by atoms with Crippen LogP contribution in [0.1, 0.15) is 139 Å². The molecule has 1 heteroatoms. The number of unbranched alkanes of at least 4 members (excludes halogenated alkanes) is 9. The lowest BCUT2D eigenvalue weighted by Gasteiger charge is -2.29. The van der Waals surface area contributed by atoms with E-state index in [4.69, 9.17) is 4.74 Å². The summed E-state index contributed by atoms with van der Waals surface area (Å²) >= 11 is 0. The first-order chi connectivity index (χ1) is 19.7. The van der Waals surface area contributed by atoms with Crippen LogP contribution in [0.25, 0.3) is 10.8 Å². The summed E-state index contributed by atoms with van der Waals surface area (Å²) in [6, 6.07) is 22.0. The van der Waals surface area contributed by atoms with Gasteiger partial charge in [0.05, 0.1) is 6.61 Å². The fourth-order valence-corrected chi connectivity index (χ4v) is 6.27. The number of hydrogen-bond acceptors (Lipinski definition) is 1. The molecule has 0 unspecified atom stereocenters. The summed E-state index contributed by atoms with van der Waals surface area (Å²) in [5.74, 6) is 9.44. The number of hydrogen-bond donors (Lipinski definition) is 0. The summed E-state index contributed by atoms with van der Waals surface area (Å²) < 4.78 is 5.99. The van der Waals surface area contributed by atoms with Crippen LogP contribution in [-0.4, -0.2) is 6.61 Å². The molecule has 1 aliphatic rings. The lowest BCUT2D eigenvalue weighted by atomic mass is 9.77. The van der Waals surface area contributed by atoms with Crippen molar-refractivity contribution in [2.75, 3.05) is 6.61 Å². The second-order valence-corrected chi connectivity index (χ2v) is 12.1. The number of fused-ring (bicyclic) bond motifs is 1. The Hall–Kier alpha value is -2.72. The average molecular weight is 537 g/mol. The number of ether oxygens (including phenoxy) is 1. The maximum atomic E-state index is 5.99. The smallest absolute Gasteiger partial charge is 0.119 e. The van der Waals surface area contributed by atoms with Crippen molar-refractivity contribution in [3.05, 3.63) is 77.4 Å². The van der Waals surface area contributed by atoms with Crippen LogP contribution in [0.5, 0.6) is 5.75 Å². The highest BCUT2D eigenvalue weighted by atomic mass is 16.5. The Balaban J connectivity index is 1.22. The molecule has 1 fully saturated rings. The summed E-state index contributed by atoms with van der Waals surface area (Å²) in [5.41, 5.74) is 3.67. The Bertz CT molecular complexity index is 1190. The fraction of sp³-hybridized carbons (Fsp3) is 0.538. The summed E-state index contributed by atoms with van der Waals surface area (Å²) in [6.07, 6.45) is 21.8. The molecule has 0 radical (unpaired) electrons. The van der Waals surface area contributed by atoms with Gasteiger partial charge >= 0.3 is 0 Å². The molecular weight excluding hydrogens is 484 g/mol. The summed E-state index contributed by atoms with van der Waals surface area (Å²) in [4.78, 5) is 0. The lowest BCUT2D eigenvalue weighted by Crippen LogP contribution is -2.13. The largest absolute Gasteiger partial charge is 0.494 e. The van der Waals surface area contributed by atoms with Gasteiger partial charge < -0.3 is 4.74 Å². The van der Waals surface area contributed by atoms with Crippen molar-refractivity contribution in [3.8, 4) is 17.6 Å². The van der Waals surface area contributed by atoms with E-state index in [0.29, 0.717) is 0 Å². The lowest BCUT2D eigenvalue weighted by molar-refractivity contribution is 0.302. The van der Waals surface area contributed by atoms with E-state index in [1.54, 1.807) is 0 Å². The molecular formula is C39H52O. The van der Waals surface area contributed by atoms with Crippen LogP contribution < -0.4 is 4.74 Å². The van der Waals surface area contributed by atoms with Crippen LogP contribution in [-0.2, 0) is 0 Å². The topological polar surface area (TPSA) is 9.23 Å². The molecule has 3 aromatic rings. The molecule has 0 saturated heterocycles. The van der Waals surface area contributed by atoms with Gasteiger partial charge in [-0.15, -0.1) is 0 Å². The molecule has 1 aliphatic carbocycles. The third-order valence-corrected chi connectivity index (χ3v) is 8.87. The zero-order chi connectivity index (χ0) is 27.8. The highest BCUT2D eigenvalue weighted by Gasteiger charge is 2.21. The van der Waals surface area contributed by atoms with Gasteiger partial charge in [0.2, 0.25) is 0 Å². The van der Waals surface area contributed by atoms with Crippen molar-refractivity contribution in [1.29, 1.82) is 0 Å². The minimum Gasteiger partial charge on any atom is -0.494 e. The molecule has 0 spiro atoms. The average Bonchev–Trinajstić information content (AvgIpc) is 3.00. The van der Waals surface area contributed by atoms with Crippen molar-refractivity contribution < 1.29 is 4.74 Å². The third kappa shape index (κ3) is 10.0. The van der Waals surface area contributed by atoms with Crippen molar-refractivity contribution >= 4 is 10.8 Å². The van der Waals surface area contributed by atoms with Crippen LogP contribution in [0.15, 0.2) is 60.7 Å². The normalized spacial score (nSPS) is 16.9. The molecule has 214 valence electrons. The summed E-state index contributed by atoms with van der Waals surface area (Å²) in [7, 11) is 0. The minimum atomic E-state index is 0.734. The molecule has 4 rings (SSSR count). The Kier molecular flexibility index (Phi) is 13.0. The first-order valence-corrected chi connectivity index (χ1v) is 16.5. The summed E-state index contributed by atoms with van der Waals surface area (Å²) in [5, 5.41) is 2.42. The van der Waals surface area contributed by atoms with Crippen molar-refractivity contribution in [2.45, 2.75) is 122 Å². The predicted molar refractivity (Wildman–Crippen MR) is 173 cm³/mol. The molecule has 0 heterocycles. The van der Waals surface area contributed by atoms with E-state index in [1.165, 1.54) is 113 Å². The van der Waals surface area contributed by atoms with Gasteiger partial charge in [0.25, 0.3) is 0 Å². The van der Waals surface area contributed by atoms with Gasteiger partial charge in [0.1, 0.15) is 5.75 Å². The quantitative estimate of drug-likeness (QED) is 0.139. The van der Waals surface area contributed by atoms with E-state index < -0.39 is 0 Å².